The lowest BCUT2D eigenvalue weighted by molar-refractivity contribution is -0.384. The molecule has 136 valence electrons. The summed E-state index contributed by atoms with van der Waals surface area (Å²) in [5.74, 6) is 0.406. The zero-order valence-electron chi connectivity index (χ0n) is 14.6. The van der Waals surface area contributed by atoms with Crippen LogP contribution in [0.3, 0.4) is 0 Å². The number of aromatic nitrogens is 3. The van der Waals surface area contributed by atoms with Gasteiger partial charge in [0.1, 0.15) is 5.82 Å². The van der Waals surface area contributed by atoms with Crippen LogP contribution in [0.25, 0.3) is 28.7 Å². The molecule has 0 aliphatic carbocycles. The fraction of sp³-hybridized carbons (Fsp3) is 0. The van der Waals surface area contributed by atoms with Crippen molar-refractivity contribution in [1.82, 2.24) is 14.5 Å². The van der Waals surface area contributed by atoms with Crippen LogP contribution in [0.15, 0.2) is 77.9 Å². The maximum atomic E-state index is 13.1. The molecule has 0 aliphatic heterocycles. The van der Waals surface area contributed by atoms with Gasteiger partial charge in [-0.2, -0.15) is 0 Å². The average molecular weight is 370 g/mol. The van der Waals surface area contributed by atoms with E-state index in [0.717, 1.165) is 0 Å². The Labute approximate surface area is 159 Å². The molecule has 4 aromatic rings. The van der Waals surface area contributed by atoms with E-state index in [2.05, 4.69) is 9.97 Å². The third kappa shape index (κ3) is 3.28. The number of para-hydroxylation sites is 1. The minimum Gasteiger partial charge on any atom is -0.268 e. The number of benzene rings is 2. The predicted octanol–water partition coefficient (Wildman–Crippen LogP) is 3.86. The van der Waals surface area contributed by atoms with Crippen LogP contribution in [-0.2, 0) is 0 Å². The maximum Gasteiger partial charge on any atom is 0.270 e. The Balaban J connectivity index is 1.89. The number of non-ortho nitro benzene ring substituents is 1. The quantitative estimate of drug-likeness (QED) is 0.402. The summed E-state index contributed by atoms with van der Waals surface area (Å²) in [5.41, 5.74) is 1.58. The molecule has 0 radical (unpaired) electrons. The number of fused-ring (bicyclic) bond motifs is 1. The Morgan fingerprint density at radius 3 is 2.64 bits per heavy atom. The van der Waals surface area contributed by atoms with Crippen molar-refractivity contribution in [2.45, 2.75) is 0 Å². The lowest BCUT2D eigenvalue weighted by Gasteiger charge is -2.10. The van der Waals surface area contributed by atoms with E-state index in [4.69, 9.17) is 0 Å². The smallest absolute Gasteiger partial charge is 0.268 e. The number of rotatable bonds is 4. The van der Waals surface area contributed by atoms with Crippen molar-refractivity contribution >= 4 is 28.7 Å². The highest BCUT2D eigenvalue weighted by Gasteiger charge is 2.11. The summed E-state index contributed by atoms with van der Waals surface area (Å²) in [6.45, 7) is 0. The van der Waals surface area contributed by atoms with Gasteiger partial charge in [-0.3, -0.25) is 24.5 Å². The van der Waals surface area contributed by atoms with Gasteiger partial charge < -0.3 is 0 Å². The molecular weight excluding hydrogens is 356 g/mol. The van der Waals surface area contributed by atoms with Crippen LogP contribution in [0, 0.1) is 10.1 Å². The molecule has 0 saturated carbocycles. The van der Waals surface area contributed by atoms with Crippen molar-refractivity contribution < 1.29 is 4.92 Å². The Morgan fingerprint density at radius 2 is 1.86 bits per heavy atom. The minimum absolute atomic E-state index is 0.00160. The van der Waals surface area contributed by atoms with E-state index >= 15 is 0 Å². The van der Waals surface area contributed by atoms with Gasteiger partial charge in [0, 0.05) is 18.3 Å². The summed E-state index contributed by atoms with van der Waals surface area (Å²) < 4.78 is 1.48. The average Bonchev–Trinajstić information content (AvgIpc) is 2.73. The first kappa shape index (κ1) is 17.3. The van der Waals surface area contributed by atoms with Crippen LogP contribution in [0.2, 0.25) is 0 Å². The van der Waals surface area contributed by atoms with E-state index in [1.807, 2.05) is 6.07 Å². The second-order valence-corrected chi connectivity index (χ2v) is 6.02. The normalized spacial score (nSPS) is 11.1. The Morgan fingerprint density at radius 1 is 1.00 bits per heavy atom. The van der Waals surface area contributed by atoms with Gasteiger partial charge in [0.2, 0.25) is 0 Å². The molecule has 0 N–H and O–H groups in total. The van der Waals surface area contributed by atoms with E-state index < -0.39 is 4.92 Å². The zero-order valence-corrected chi connectivity index (χ0v) is 14.6. The fourth-order valence-corrected chi connectivity index (χ4v) is 2.91. The SMILES string of the molecule is O=c1c2ccccc2nc(/C=C/c2cccc([N+](=O)[O-])c2)n1-c1cccnc1. The maximum absolute atomic E-state index is 13.1. The lowest BCUT2D eigenvalue weighted by atomic mass is 10.2. The van der Waals surface area contributed by atoms with Gasteiger partial charge >= 0.3 is 0 Å². The van der Waals surface area contributed by atoms with Crippen LogP contribution in [-0.4, -0.2) is 19.5 Å². The van der Waals surface area contributed by atoms with Crippen molar-refractivity contribution in [2.75, 3.05) is 0 Å². The number of nitrogens with zero attached hydrogens (tertiary/aromatic N) is 4. The van der Waals surface area contributed by atoms with E-state index in [0.29, 0.717) is 28.0 Å². The Hall–Kier alpha value is -4.13. The molecule has 7 nitrogen and oxygen atoms in total. The Bertz CT molecular complexity index is 1260. The molecule has 28 heavy (non-hydrogen) atoms. The predicted molar refractivity (Wildman–Crippen MR) is 107 cm³/mol. The van der Waals surface area contributed by atoms with Gasteiger partial charge in [-0.05, 0) is 35.9 Å². The molecule has 2 aromatic heterocycles. The molecule has 0 saturated heterocycles. The van der Waals surface area contributed by atoms with Crippen LogP contribution in [0.1, 0.15) is 11.4 Å². The van der Waals surface area contributed by atoms with Gasteiger partial charge in [-0.25, -0.2) is 4.98 Å². The van der Waals surface area contributed by atoms with Gasteiger partial charge in [-0.15, -0.1) is 0 Å². The first-order chi connectivity index (χ1) is 13.6. The summed E-state index contributed by atoms with van der Waals surface area (Å²) in [7, 11) is 0. The molecular formula is C21H14N4O3. The summed E-state index contributed by atoms with van der Waals surface area (Å²) in [5, 5.41) is 11.5. The number of pyridine rings is 1. The van der Waals surface area contributed by atoms with Crippen molar-refractivity contribution in [3.05, 3.63) is 105 Å². The standard InChI is InChI=1S/C21H14N4O3/c26-21-18-8-1-2-9-19(18)23-20(24(21)17-7-4-12-22-14-17)11-10-15-5-3-6-16(13-15)25(27)28/h1-14H/b11-10+. The lowest BCUT2D eigenvalue weighted by Crippen LogP contribution is -2.22. The first-order valence-electron chi connectivity index (χ1n) is 8.48. The molecule has 0 amide bonds. The fourth-order valence-electron chi connectivity index (χ4n) is 2.91. The van der Waals surface area contributed by atoms with E-state index in [-0.39, 0.29) is 11.2 Å². The van der Waals surface area contributed by atoms with E-state index in [9.17, 15) is 14.9 Å². The first-order valence-corrected chi connectivity index (χ1v) is 8.48. The highest BCUT2D eigenvalue weighted by Crippen LogP contribution is 2.17. The molecule has 0 aliphatic rings. The van der Waals surface area contributed by atoms with Crippen molar-refractivity contribution in [1.29, 1.82) is 0 Å². The van der Waals surface area contributed by atoms with Crippen LogP contribution < -0.4 is 5.56 Å². The summed E-state index contributed by atoms with van der Waals surface area (Å²) in [6, 6.07) is 16.9. The van der Waals surface area contributed by atoms with Crippen LogP contribution in [0.5, 0.6) is 0 Å². The van der Waals surface area contributed by atoms with Crippen molar-refractivity contribution in [2.24, 2.45) is 0 Å². The number of nitro benzene ring substituents is 1. The number of hydrogen-bond acceptors (Lipinski definition) is 5. The molecule has 0 fully saturated rings. The third-order valence-corrected chi connectivity index (χ3v) is 4.21. The largest absolute Gasteiger partial charge is 0.270 e. The van der Waals surface area contributed by atoms with Gasteiger partial charge in [0.05, 0.1) is 27.7 Å². The molecule has 0 unspecified atom stereocenters. The molecule has 2 heterocycles. The van der Waals surface area contributed by atoms with Gasteiger partial charge in [0.25, 0.3) is 11.2 Å². The third-order valence-electron chi connectivity index (χ3n) is 4.21. The second-order valence-electron chi connectivity index (χ2n) is 6.02. The number of hydrogen-bond donors (Lipinski definition) is 0. The highest BCUT2D eigenvalue weighted by atomic mass is 16.6. The monoisotopic (exact) mass is 370 g/mol. The van der Waals surface area contributed by atoms with Crippen LogP contribution in [0.4, 0.5) is 5.69 Å². The summed E-state index contributed by atoms with van der Waals surface area (Å²) >= 11 is 0. The second kappa shape index (κ2) is 7.24. The molecule has 7 heteroatoms. The topological polar surface area (TPSA) is 90.9 Å². The molecule has 2 aromatic carbocycles. The molecule has 0 spiro atoms. The molecule has 0 atom stereocenters. The highest BCUT2D eigenvalue weighted by molar-refractivity contribution is 5.80. The van der Waals surface area contributed by atoms with Gasteiger partial charge in [-0.1, -0.05) is 30.3 Å². The zero-order chi connectivity index (χ0) is 19.5. The van der Waals surface area contributed by atoms with Crippen molar-refractivity contribution in [3.8, 4) is 5.69 Å². The molecule has 4 rings (SSSR count). The summed E-state index contributed by atoms with van der Waals surface area (Å²) in [6.07, 6.45) is 6.57. The van der Waals surface area contributed by atoms with Crippen LogP contribution >= 0.6 is 0 Å². The minimum atomic E-state index is -0.447. The Kier molecular flexibility index (Phi) is 4.47. The van der Waals surface area contributed by atoms with E-state index in [1.165, 1.54) is 16.7 Å². The van der Waals surface area contributed by atoms with Gasteiger partial charge in [0.15, 0.2) is 0 Å². The number of nitro groups is 1. The van der Waals surface area contributed by atoms with E-state index in [1.54, 1.807) is 67.0 Å². The summed E-state index contributed by atoms with van der Waals surface area (Å²) in [4.78, 5) is 32.3. The van der Waals surface area contributed by atoms with Crippen molar-refractivity contribution in [3.63, 3.8) is 0 Å². The molecule has 0 bridgehead atoms.